The van der Waals surface area contributed by atoms with Crippen molar-refractivity contribution in [3.05, 3.63) is 11.9 Å². The van der Waals surface area contributed by atoms with Gasteiger partial charge in [-0.3, -0.25) is 4.68 Å². The van der Waals surface area contributed by atoms with E-state index < -0.39 is 29.0 Å². The van der Waals surface area contributed by atoms with Crippen molar-refractivity contribution in [2.75, 3.05) is 13.1 Å². The number of nitrogens with two attached hydrogens (primary N) is 1. The molecule has 0 atom stereocenters. The average molecular weight is 268 g/mol. The molecule has 0 fully saturated rings. The Balaban J connectivity index is 2.87. The molecule has 0 spiro atoms. The number of hydrogen-bond acceptors (Lipinski definition) is 4. The average Bonchev–Trinajstić information content (AvgIpc) is 2.58. The van der Waals surface area contributed by atoms with E-state index in [1.54, 1.807) is 7.05 Å². The van der Waals surface area contributed by atoms with Crippen molar-refractivity contribution in [3.63, 3.8) is 0 Å². The molecule has 0 bridgehead atoms. The largest absolute Gasteiger partial charge is 0.325 e. The molecule has 0 aliphatic heterocycles. The lowest BCUT2D eigenvalue weighted by molar-refractivity contribution is 0.0170. The smallest absolute Gasteiger partial charge is 0.273 e. The number of nitrogens with one attached hydrogen (secondary N) is 1. The van der Waals surface area contributed by atoms with Gasteiger partial charge in [0.15, 0.2) is 0 Å². The number of aryl methyl sites for hydroxylation is 1. The van der Waals surface area contributed by atoms with Crippen LogP contribution in [-0.4, -0.2) is 37.2 Å². The third-order valence-electron chi connectivity index (χ3n) is 2.30. The van der Waals surface area contributed by atoms with E-state index in [1.807, 2.05) is 4.72 Å². The Bertz CT molecular complexity index is 498. The fraction of sp³-hybridized carbons (Fsp3) is 0.625. The Morgan fingerprint density at radius 3 is 2.59 bits per heavy atom. The monoisotopic (exact) mass is 268 g/mol. The molecule has 0 aliphatic rings. The van der Waals surface area contributed by atoms with Crippen LogP contribution in [0.5, 0.6) is 0 Å². The molecule has 0 unspecified atom stereocenters. The molecule has 0 aliphatic carbocycles. The van der Waals surface area contributed by atoms with E-state index in [4.69, 9.17) is 5.73 Å². The van der Waals surface area contributed by atoms with Crippen LogP contribution in [0.15, 0.2) is 11.1 Å². The SMILES string of the molecule is Cc1c(S(=O)(=O)NCC(F)(F)CN)cnn1C. The molecule has 0 saturated carbocycles. The molecule has 0 aromatic carbocycles. The van der Waals surface area contributed by atoms with Gasteiger partial charge in [-0.15, -0.1) is 0 Å². The molecule has 3 N–H and O–H groups in total. The van der Waals surface area contributed by atoms with E-state index in [-0.39, 0.29) is 4.90 Å². The van der Waals surface area contributed by atoms with Crippen molar-refractivity contribution in [2.45, 2.75) is 17.7 Å². The normalized spacial score (nSPS) is 13.0. The summed E-state index contributed by atoms with van der Waals surface area (Å²) in [5, 5.41) is 3.73. The maximum Gasteiger partial charge on any atom is 0.273 e. The maximum atomic E-state index is 12.8. The van der Waals surface area contributed by atoms with Gasteiger partial charge < -0.3 is 5.73 Å². The Morgan fingerprint density at radius 2 is 2.18 bits per heavy atom. The third kappa shape index (κ3) is 3.20. The minimum atomic E-state index is -3.98. The maximum absolute atomic E-state index is 12.8. The quantitative estimate of drug-likeness (QED) is 0.760. The van der Waals surface area contributed by atoms with Crippen LogP contribution in [-0.2, 0) is 17.1 Å². The summed E-state index contributed by atoms with van der Waals surface area (Å²) in [5.41, 5.74) is 5.18. The first kappa shape index (κ1) is 14.0. The van der Waals surface area contributed by atoms with Gasteiger partial charge in [0.25, 0.3) is 5.92 Å². The highest BCUT2D eigenvalue weighted by Crippen LogP contribution is 2.15. The first-order valence-electron chi connectivity index (χ1n) is 4.76. The standard InChI is InChI=1S/C8H14F2N4O2S/c1-6-7(3-12-14(6)2)17(15,16)13-5-8(9,10)4-11/h3,13H,4-5,11H2,1-2H3. The molecule has 0 amide bonds. The van der Waals surface area contributed by atoms with E-state index in [0.717, 1.165) is 6.20 Å². The highest BCUT2D eigenvalue weighted by Gasteiger charge is 2.30. The zero-order valence-electron chi connectivity index (χ0n) is 9.44. The van der Waals surface area contributed by atoms with Crippen LogP contribution in [0.2, 0.25) is 0 Å². The molecular formula is C8H14F2N4O2S. The van der Waals surface area contributed by atoms with Crippen molar-refractivity contribution in [2.24, 2.45) is 12.8 Å². The lowest BCUT2D eigenvalue weighted by atomic mass is 10.3. The fourth-order valence-corrected chi connectivity index (χ4v) is 2.36. The van der Waals surface area contributed by atoms with Crippen LogP contribution in [0.25, 0.3) is 0 Å². The first-order valence-corrected chi connectivity index (χ1v) is 6.24. The lowest BCUT2D eigenvalue weighted by Crippen LogP contribution is -2.41. The van der Waals surface area contributed by atoms with Crippen LogP contribution in [0.4, 0.5) is 8.78 Å². The van der Waals surface area contributed by atoms with E-state index in [1.165, 1.54) is 11.6 Å². The van der Waals surface area contributed by atoms with Crippen molar-refractivity contribution >= 4 is 10.0 Å². The van der Waals surface area contributed by atoms with Crippen LogP contribution in [0.1, 0.15) is 5.69 Å². The zero-order valence-corrected chi connectivity index (χ0v) is 10.3. The van der Waals surface area contributed by atoms with Gasteiger partial charge in [-0.25, -0.2) is 21.9 Å². The summed E-state index contributed by atoms with van der Waals surface area (Å²) in [5.74, 6) is -3.26. The van der Waals surface area contributed by atoms with Gasteiger partial charge in [-0.1, -0.05) is 0 Å². The molecule has 1 aromatic rings. The second kappa shape index (κ2) is 4.67. The predicted octanol–water partition coefficient (Wildman–Crippen LogP) is -0.399. The van der Waals surface area contributed by atoms with Gasteiger partial charge in [0, 0.05) is 7.05 Å². The number of nitrogens with zero attached hydrogens (tertiary/aromatic N) is 2. The number of halogens is 2. The summed E-state index contributed by atoms with van der Waals surface area (Å²) in [7, 11) is -2.42. The number of sulfonamides is 1. The molecule has 0 radical (unpaired) electrons. The summed E-state index contributed by atoms with van der Waals surface area (Å²) < 4.78 is 52.2. The number of hydrogen-bond donors (Lipinski definition) is 2. The molecule has 17 heavy (non-hydrogen) atoms. The van der Waals surface area contributed by atoms with Crippen LogP contribution in [0, 0.1) is 6.92 Å². The van der Waals surface area contributed by atoms with Crippen molar-refractivity contribution in [1.29, 1.82) is 0 Å². The van der Waals surface area contributed by atoms with Gasteiger partial charge in [0.05, 0.1) is 25.0 Å². The highest BCUT2D eigenvalue weighted by atomic mass is 32.2. The van der Waals surface area contributed by atoms with E-state index in [2.05, 4.69) is 5.10 Å². The van der Waals surface area contributed by atoms with Gasteiger partial charge in [-0.2, -0.15) is 5.10 Å². The minimum Gasteiger partial charge on any atom is -0.325 e. The second-order valence-electron chi connectivity index (χ2n) is 3.60. The molecule has 9 heteroatoms. The first-order chi connectivity index (χ1) is 7.69. The fourth-order valence-electron chi connectivity index (χ4n) is 1.09. The predicted molar refractivity (Wildman–Crippen MR) is 57.1 cm³/mol. The van der Waals surface area contributed by atoms with Gasteiger partial charge in [-0.05, 0) is 6.92 Å². The lowest BCUT2D eigenvalue weighted by Gasteiger charge is -2.14. The molecule has 1 aromatic heterocycles. The van der Waals surface area contributed by atoms with Crippen molar-refractivity contribution in [1.82, 2.24) is 14.5 Å². The van der Waals surface area contributed by atoms with Crippen molar-refractivity contribution in [3.8, 4) is 0 Å². The Kier molecular flexibility index (Phi) is 3.84. The Morgan fingerprint density at radius 1 is 1.59 bits per heavy atom. The van der Waals surface area contributed by atoms with Crippen LogP contribution < -0.4 is 10.5 Å². The second-order valence-corrected chi connectivity index (χ2v) is 5.34. The van der Waals surface area contributed by atoms with Gasteiger partial charge in [0.2, 0.25) is 10.0 Å². The topological polar surface area (TPSA) is 90.0 Å². The highest BCUT2D eigenvalue weighted by molar-refractivity contribution is 7.89. The summed E-state index contributed by atoms with van der Waals surface area (Å²) in [6.07, 6.45) is 1.11. The summed E-state index contributed by atoms with van der Waals surface area (Å²) in [4.78, 5) is -0.118. The van der Waals surface area contributed by atoms with Crippen molar-refractivity contribution < 1.29 is 17.2 Å². The summed E-state index contributed by atoms with van der Waals surface area (Å²) in [6.45, 7) is -0.412. The van der Waals surface area contributed by atoms with Gasteiger partial charge in [0.1, 0.15) is 4.90 Å². The van der Waals surface area contributed by atoms with Crippen LogP contribution in [0.3, 0.4) is 0 Å². The zero-order chi connectivity index (χ0) is 13.3. The number of rotatable bonds is 5. The molecule has 1 rings (SSSR count). The minimum absolute atomic E-state index is 0.118. The van der Waals surface area contributed by atoms with E-state index in [9.17, 15) is 17.2 Å². The van der Waals surface area contributed by atoms with Gasteiger partial charge >= 0.3 is 0 Å². The molecule has 1 heterocycles. The third-order valence-corrected chi connectivity index (χ3v) is 3.80. The summed E-state index contributed by atoms with van der Waals surface area (Å²) in [6, 6.07) is 0. The molecule has 0 saturated heterocycles. The Labute approximate surface area is 97.8 Å². The molecular weight excluding hydrogens is 254 g/mol. The van der Waals surface area contributed by atoms with E-state index in [0.29, 0.717) is 5.69 Å². The summed E-state index contributed by atoms with van der Waals surface area (Å²) >= 11 is 0. The molecule has 98 valence electrons. The number of alkyl halides is 2. The molecule has 6 nitrogen and oxygen atoms in total. The number of aromatic nitrogens is 2. The van der Waals surface area contributed by atoms with Crippen LogP contribution >= 0.6 is 0 Å². The van der Waals surface area contributed by atoms with E-state index >= 15 is 0 Å². The Hall–Kier alpha value is -1.06.